The Bertz CT molecular complexity index is 1560. The highest BCUT2D eigenvalue weighted by Crippen LogP contribution is 2.32. The van der Waals surface area contributed by atoms with Crippen LogP contribution in [0.1, 0.15) is 33.6 Å². The number of carbonyl (C=O) groups is 1. The molecule has 1 aliphatic carbocycles. The summed E-state index contributed by atoms with van der Waals surface area (Å²) in [6.07, 6.45) is 2.80. The van der Waals surface area contributed by atoms with Crippen LogP contribution < -0.4 is 5.32 Å². The first-order valence-electron chi connectivity index (χ1n) is 11.7. The fourth-order valence-corrected chi connectivity index (χ4v) is 5.72. The van der Waals surface area contributed by atoms with E-state index in [4.69, 9.17) is 21.6 Å². The van der Waals surface area contributed by atoms with Gasteiger partial charge in [-0.05, 0) is 54.7 Å². The second-order valence-corrected chi connectivity index (χ2v) is 10.0. The van der Waals surface area contributed by atoms with Crippen molar-refractivity contribution in [2.24, 2.45) is 0 Å². The number of benzene rings is 3. The number of hydrogen-bond acceptors (Lipinski definition) is 4. The summed E-state index contributed by atoms with van der Waals surface area (Å²) in [6, 6.07) is 24.0. The number of aromatic nitrogens is 2. The number of amides is 1. The van der Waals surface area contributed by atoms with E-state index in [-0.39, 0.29) is 5.91 Å². The van der Waals surface area contributed by atoms with Crippen molar-refractivity contribution in [3.05, 3.63) is 106 Å². The molecular weight excluding hydrogens is 474 g/mol. The van der Waals surface area contributed by atoms with Crippen LogP contribution in [0.25, 0.3) is 32.7 Å². The molecule has 2 aromatic heterocycles. The SMILES string of the molecule is O=C(NCc1cccc(-c2nc(-c3ccccc3)cs2)c1)c1c2c(nc3ccc(Cl)cc13)CCC2. The smallest absolute Gasteiger partial charge is 0.252 e. The average Bonchev–Trinajstić information content (AvgIpc) is 3.57. The van der Waals surface area contributed by atoms with Crippen molar-refractivity contribution in [2.75, 3.05) is 0 Å². The second-order valence-electron chi connectivity index (χ2n) is 8.71. The lowest BCUT2D eigenvalue weighted by Gasteiger charge is -2.13. The Balaban J connectivity index is 1.25. The third-order valence-corrected chi connectivity index (χ3v) is 7.53. The summed E-state index contributed by atoms with van der Waals surface area (Å²) >= 11 is 7.90. The van der Waals surface area contributed by atoms with E-state index < -0.39 is 0 Å². The number of nitrogens with zero attached hydrogens (tertiary/aromatic N) is 2. The predicted octanol–water partition coefficient (Wildman–Crippen LogP) is 7.10. The zero-order valence-electron chi connectivity index (χ0n) is 18.9. The molecule has 4 nitrogen and oxygen atoms in total. The van der Waals surface area contributed by atoms with Crippen LogP contribution in [0.4, 0.5) is 0 Å². The van der Waals surface area contributed by atoms with E-state index >= 15 is 0 Å². The highest BCUT2D eigenvalue weighted by atomic mass is 35.5. The van der Waals surface area contributed by atoms with Crippen LogP contribution in [0.3, 0.4) is 0 Å². The van der Waals surface area contributed by atoms with E-state index in [1.165, 1.54) is 0 Å². The van der Waals surface area contributed by atoms with Gasteiger partial charge in [0.1, 0.15) is 5.01 Å². The summed E-state index contributed by atoms with van der Waals surface area (Å²) in [7, 11) is 0. The van der Waals surface area contributed by atoms with Gasteiger partial charge in [0.15, 0.2) is 0 Å². The quantitative estimate of drug-likeness (QED) is 0.283. The maximum atomic E-state index is 13.4. The molecule has 0 fully saturated rings. The number of pyridine rings is 1. The molecule has 6 rings (SSSR count). The van der Waals surface area contributed by atoms with Gasteiger partial charge in [0, 0.05) is 39.2 Å². The van der Waals surface area contributed by atoms with Crippen LogP contribution in [0.5, 0.6) is 0 Å². The minimum absolute atomic E-state index is 0.0798. The molecule has 6 heteroatoms. The third kappa shape index (κ3) is 4.33. The molecule has 2 heterocycles. The Hall–Kier alpha value is -3.54. The Morgan fingerprint density at radius 2 is 1.80 bits per heavy atom. The number of hydrogen-bond donors (Lipinski definition) is 1. The lowest BCUT2D eigenvalue weighted by Crippen LogP contribution is -2.24. The Labute approximate surface area is 212 Å². The molecule has 1 N–H and O–H groups in total. The molecule has 0 bridgehead atoms. The van der Waals surface area contributed by atoms with Crippen LogP contribution in [0.15, 0.2) is 78.2 Å². The second kappa shape index (κ2) is 9.25. The molecule has 0 spiro atoms. The molecule has 1 amide bonds. The highest BCUT2D eigenvalue weighted by Gasteiger charge is 2.24. The van der Waals surface area contributed by atoms with Gasteiger partial charge in [0.25, 0.3) is 5.91 Å². The Morgan fingerprint density at radius 3 is 2.69 bits per heavy atom. The topological polar surface area (TPSA) is 54.9 Å². The minimum Gasteiger partial charge on any atom is -0.348 e. The number of aryl methyl sites for hydroxylation is 1. The lowest BCUT2D eigenvalue weighted by molar-refractivity contribution is 0.0951. The molecule has 0 unspecified atom stereocenters. The molecule has 35 heavy (non-hydrogen) atoms. The summed E-state index contributed by atoms with van der Waals surface area (Å²) in [5.74, 6) is -0.0798. The van der Waals surface area contributed by atoms with Gasteiger partial charge in [-0.3, -0.25) is 9.78 Å². The first-order chi connectivity index (χ1) is 17.2. The van der Waals surface area contributed by atoms with Crippen molar-refractivity contribution in [2.45, 2.75) is 25.8 Å². The molecule has 172 valence electrons. The standard InChI is InChI=1S/C29H22ClN3OS/c30-21-12-13-25-23(15-21)27(22-10-5-11-24(22)32-25)28(34)31-16-18-6-4-9-20(14-18)29-33-26(17-35-29)19-7-2-1-3-8-19/h1-4,6-9,12-15,17H,5,10-11,16H2,(H,31,34). The van der Waals surface area contributed by atoms with Crippen molar-refractivity contribution < 1.29 is 4.79 Å². The number of fused-ring (bicyclic) bond motifs is 2. The first kappa shape index (κ1) is 22.0. The molecule has 0 aliphatic heterocycles. The Morgan fingerprint density at radius 1 is 0.943 bits per heavy atom. The normalized spacial score (nSPS) is 12.6. The minimum atomic E-state index is -0.0798. The maximum Gasteiger partial charge on any atom is 0.252 e. The number of halogens is 1. The van der Waals surface area contributed by atoms with Crippen molar-refractivity contribution in [3.63, 3.8) is 0 Å². The molecule has 0 atom stereocenters. The molecule has 1 aliphatic rings. The van der Waals surface area contributed by atoms with Gasteiger partial charge in [0.2, 0.25) is 0 Å². The molecule has 5 aromatic rings. The van der Waals surface area contributed by atoms with E-state index in [0.717, 1.165) is 68.8 Å². The Kier molecular flexibility index (Phi) is 5.80. The van der Waals surface area contributed by atoms with E-state index in [1.807, 2.05) is 48.5 Å². The summed E-state index contributed by atoms with van der Waals surface area (Å²) < 4.78 is 0. The van der Waals surface area contributed by atoms with Gasteiger partial charge in [0.05, 0.1) is 16.8 Å². The molecule has 0 saturated carbocycles. The van der Waals surface area contributed by atoms with E-state index in [9.17, 15) is 4.79 Å². The van der Waals surface area contributed by atoms with Gasteiger partial charge >= 0.3 is 0 Å². The third-order valence-electron chi connectivity index (χ3n) is 6.40. The maximum absolute atomic E-state index is 13.4. The van der Waals surface area contributed by atoms with Crippen LogP contribution in [0, 0.1) is 0 Å². The van der Waals surface area contributed by atoms with Crippen molar-refractivity contribution in [1.29, 1.82) is 0 Å². The van der Waals surface area contributed by atoms with Crippen molar-refractivity contribution in [1.82, 2.24) is 15.3 Å². The zero-order chi connectivity index (χ0) is 23.8. The summed E-state index contributed by atoms with van der Waals surface area (Å²) in [5.41, 5.74) is 7.78. The van der Waals surface area contributed by atoms with E-state index in [1.54, 1.807) is 11.3 Å². The van der Waals surface area contributed by atoms with Crippen molar-refractivity contribution >= 4 is 39.7 Å². The molecule has 3 aromatic carbocycles. The summed E-state index contributed by atoms with van der Waals surface area (Å²) in [4.78, 5) is 23.0. The highest BCUT2D eigenvalue weighted by molar-refractivity contribution is 7.13. The summed E-state index contributed by atoms with van der Waals surface area (Å²) in [5, 5.41) is 7.61. The first-order valence-corrected chi connectivity index (χ1v) is 12.9. The number of carbonyl (C=O) groups excluding carboxylic acids is 1. The average molecular weight is 496 g/mol. The fourth-order valence-electron chi connectivity index (χ4n) is 4.73. The largest absolute Gasteiger partial charge is 0.348 e. The van der Waals surface area contributed by atoms with Gasteiger partial charge in [-0.1, -0.05) is 60.1 Å². The summed E-state index contributed by atoms with van der Waals surface area (Å²) in [6.45, 7) is 0.433. The van der Waals surface area contributed by atoms with E-state index in [0.29, 0.717) is 17.1 Å². The number of thiazole rings is 1. The van der Waals surface area contributed by atoms with Crippen molar-refractivity contribution in [3.8, 4) is 21.8 Å². The van der Waals surface area contributed by atoms with Crippen LogP contribution in [0.2, 0.25) is 5.02 Å². The molecule has 0 saturated heterocycles. The van der Waals surface area contributed by atoms with Crippen LogP contribution in [-0.4, -0.2) is 15.9 Å². The number of rotatable bonds is 5. The molecule has 0 radical (unpaired) electrons. The van der Waals surface area contributed by atoms with Crippen LogP contribution >= 0.6 is 22.9 Å². The zero-order valence-corrected chi connectivity index (χ0v) is 20.5. The van der Waals surface area contributed by atoms with Gasteiger partial charge < -0.3 is 5.32 Å². The van der Waals surface area contributed by atoms with Gasteiger partial charge in [-0.15, -0.1) is 11.3 Å². The molecular formula is C29H22ClN3OS. The van der Waals surface area contributed by atoms with Crippen LogP contribution in [-0.2, 0) is 19.4 Å². The van der Waals surface area contributed by atoms with E-state index in [2.05, 4.69) is 35.0 Å². The van der Waals surface area contributed by atoms with Gasteiger partial charge in [-0.2, -0.15) is 0 Å². The lowest BCUT2D eigenvalue weighted by atomic mass is 10.0. The number of nitrogens with one attached hydrogen (secondary N) is 1. The predicted molar refractivity (Wildman–Crippen MR) is 143 cm³/mol. The fraction of sp³-hybridized carbons (Fsp3) is 0.138. The van der Waals surface area contributed by atoms with Gasteiger partial charge in [-0.25, -0.2) is 4.98 Å². The monoisotopic (exact) mass is 495 g/mol.